The van der Waals surface area contributed by atoms with E-state index in [-0.39, 0.29) is 12.5 Å². The number of carbonyl (C=O) groups excluding carboxylic acids is 2. The molecule has 4 nitrogen and oxygen atoms in total. The van der Waals surface area contributed by atoms with Gasteiger partial charge in [-0.05, 0) is 31.0 Å². The van der Waals surface area contributed by atoms with Crippen molar-refractivity contribution < 1.29 is 9.59 Å². The van der Waals surface area contributed by atoms with E-state index in [1.807, 2.05) is 4.90 Å². The molecule has 0 aliphatic heterocycles. The minimum absolute atomic E-state index is 0.158. The maximum Gasteiger partial charge on any atom is 0.236 e. The molecule has 0 heterocycles. The molecule has 102 valence electrons. The highest BCUT2D eigenvalue weighted by atomic mass is 35.5. The third-order valence-electron chi connectivity index (χ3n) is 3.51. The van der Waals surface area contributed by atoms with Crippen LogP contribution in [0.15, 0.2) is 18.2 Å². The smallest absolute Gasteiger partial charge is 0.236 e. The van der Waals surface area contributed by atoms with Crippen molar-refractivity contribution in [3.63, 3.8) is 0 Å². The SMILES string of the molecule is NC(=O)CN(c1ccc(C=O)cc1Cl)C1CCCC1. The zero-order chi connectivity index (χ0) is 13.8. The van der Waals surface area contributed by atoms with E-state index in [9.17, 15) is 9.59 Å². The number of aldehydes is 1. The Hall–Kier alpha value is -1.55. The van der Waals surface area contributed by atoms with Gasteiger partial charge in [-0.25, -0.2) is 0 Å². The molecule has 0 atom stereocenters. The van der Waals surface area contributed by atoms with Gasteiger partial charge in [0.25, 0.3) is 0 Å². The predicted molar refractivity (Wildman–Crippen MR) is 75.6 cm³/mol. The first kappa shape index (κ1) is 13.9. The molecule has 1 aliphatic carbocycles. The maximum absolute atomic E-state index is 11.3. The molecule has 0 spiro atoms. The van der Waals surface area contributed by atoms with E-state index in [2.05, 4.69) is 0 Å². The standard InChI is InChI=1S/C14H17ClN2O2/c15-12-7-10(9-18)5-6-13(12)17(8-14(16)19)11-3-1-2-4-11/h5-7,9,11H,1-4,8H2,(H2,16,19). The van der Waals surface area contributed by atoms with Crippen LogP contribution in [0.4, 0.5) is 5.69 Å². The lowest BCUT2D eigenvalue weighted by Gasteiger charge is -2.30. The van der Waals surface area contributed by atoms with Crippen molar-refractivity contribution in [1.82, 2.24) is 0 Å². The van der Waals surface area contributed by atoms with E-state index in [0.717, 1.165) is 37.7 Å². The molecule has 0 unspecified atom stereocenters. The van der Waals surface area contributed by atoms with Crippen LogP contribution < -0.4 is 10.6 Å². The molecule has 0 aromatic heterocycles. The number of halogens is 1. The highest BCUT2D eigenvalue weighted by molar-refractivity contribution is 6.33. The van der Waals surface area contributed by atoms with Crippen molar-refractivity contribution >= 4 is 29.5 Å². The van der Waals surface area contributed by atoms with Crippen molar-refractivity contribution in [1.29, 1.82) is 0 Å². The van der Waals surface area contributed by atoms with Crippen LogP contribution in [-0.2, 0) is 4.79 Å². The van der Waals surface area contributed by atoms with E-state index in [1.54, 1.807) is 18.2 Å². The molecule has 0 radical (unpaired) electrons. The fourth-order valence-corrected chi connectivity index (χ4v) is 2.92. The van der Waals surface area contributed by atoms with Crippen molar-refractivity contribution in [2.75, 3.05) is 11.4 Å². The van der Waals surface area contributed by atoms with E-state index >= 15 is 0 Å². The van der Waals surface area contributed by atoms with Crippen molar-refractivity contribution in [2.24, 2.45) is 5.73 Å². The quantitative estimate of drug-likeness (QED) is 0.842. The topological polar surface area (TPSA) is 63.4 Å². The van der Waals surface area contributed by atoms with Gasteiger partial charge in [-0.2, -0.15) is 0 Å². The Labute approximate surface area is 117 Å². The Kier molecular flexibility index (Phi) is 4.43. The molecule has 19 heavy (non-hydrogen) atoms. The zero-order valence-corrected chi connectivity index (χ0v) is 11.4. The van der Waals surface area contributed by atoms with Gasteiger partial charge in [-0.3, -0.25) is 9.59 Å². The summed E-state index contributed by atoms with van der Waals surface area (Å²) >= 11 is 6.21. The molecule has 2 N–H and O–H groups in total. The van der Waals surface area contributed by atoms with Gasteiger partial charge in [0.1, 0.15) is 6.29 Å². The highest BCUT2D eigenvalue weighted by Crippen LogP contribution is 2.33. The lowest BCUT2D eigenvalue weighted by atomic mass is 10.1. The van der Waals surface area contributed by atoms with Crippen molar-refractivity contribution in [3.05, 3.63) is 28.8 Å². The number of carbonyl (C=O) groups is 2. The third kappa shape index (κ3) is 3.26. The normalized spacial score (nSPS) is 15.4. The Bertz CT molecular complexity index is 484. The lowest BCUT2D eigenvalue weighted by Crippen LogP contribution is -2.40. The second kappa shape index (κ2) is 6.06. The van der Waals surface area contributed by atoms with Gasteiger partial charge in [-0.1, -0.05) is 24.4 Å². The number of amides is 1. The number of primary amides is 1. The maximum atomic E-state index is 11.3. The summed E-state index contributed by atoms with van der Waals surface area (Å²) in [6, 6.07) is 5.41. The summed E-state index contributed by atoms with van der Waals surface area (Å²) in [5.41, 5.74) is 6.63. The monoisotopic (exact) mass is 280 g/mol. The van der Waals surface area contributed by atoms with Gasteiger partial charge >= 0.3 is 0 Å². The number of benzene rings is 1. The average molecular weight is 281 g/mol. The van der Waals surface area contributed by atoms with Crippen LogP contribution in [0.1, 0.15) is 36.0 Å². The van der Waals surface area contributed by atoms with Crippen LogP contribution in [0.5, 0.6) is 0 Å². The van der Waals surface area contributed by atoms with E-state index in [0.29, 0.717) is 16.6 Å². The number of hydrogen-bond donors (Lipinski definition) is 1. The summed E-state index contributed by atoms with van der Waals surface area (Å²) in [6.45, 7) is 0.158. The first-order valence-electron chi connectivity index (χ1n) is 6.41. The van der Waals surface area contributed by atoms with Crippen molar-refractivity contribution in [2.45, 2.75) is 31.7 Å². The minimum atomic E-state index is -0.373. The molecule has 2 rings (SSSR count). The molecule has 5 heteroatoms. The summed E-state index contributed by atoms with van der Waals surface area (Å²) < 4.78 is 0. The van der Waals surface area contributed by atoms with Crippen LogP contribution in [0.25, 0.3) is 0 Å². The largest absolute Gasteiger partial charge is 0.368 e. The molecule has 0 saturated heterocycles. The second-order valence-electron chi connectivity index (χ2n) is 4.86. The molecule has 1 fully saturated rings. The minimum Gasteiger partial charge on any atom is -0.368 e. The molecule has 1 aromatic rings. The number of nitrogens with zero attached hydrogens (tertiary/aromatic N) is 1. The summed E-state index contributed by atoms with van der Waals surface area (Å²) in [7, 11) is 0. The van der Waals surface area contributed by atoms with Crippen molar-refractivity contribution in [3.8, 4) is 0 Å². The zero-order valence-electron chi connectivity index (χ0n) is 10.6. The molecular formula is C14H17ClN2O2. The van der Waals surface area contributed by atoms with E-state index < -0.39 is 0 Å². The molecule has 1 amide bonds. The fraction of sp³-hybridized carbons (Fsp3) is 0.429. The first-order valence-corrected chi connectivity index (χ1v) is 6.79. The van der Waals surface area contributed by atoms with Crippen LogP contribution in [0.3, 0.4) is 0 Å². The van der Waals surface area contributed by atoms with Gasteiger partial charge < -0.3 is 10.6 Å². The predicted octanol–water partition coefficient (Wildman–Crippen LogP) is 2.39. The van der Waals surface area contributed by atoms with Gasteiger partial charge in [0.2, 0.25) is 5.91 Å². The Morgan fingerprint density at radius 3 is 2.63 bits per heavy atom. The van der Waals surface area contributed by atoms with Gasteiger partial charge in [0.15, 0.2) is 0 Å². The molecular weight excluding hydrogens is 264 g/mol. The van der Waals surface area contributed by atoms with Gasteiger partial charge in [0, 0.05) is 11.6 Å². The lowest BCUT2D eigenvalue weighted by molar-refractivity contribution is -0.116. The number of rotatable bonds is 5. The molecule has 1 aliphatic rings. The summed E-state index contributed by atoms with van der Waals surface area (Å²) in [5, 5.41) is 0.484. The number of hydrogen-bond acceptors (Lipinski definition) is 3. The molecule has 1 saturated carbocycles. The average Bonchev–Trinajstić information content (AvgIpc) is 2.89. The summed E-state index contributed by atoms with van der Waals surface area (Å²) in [5.74, 6) is -0.373. The van der Waals surface area contributed by atoms with Crippen LogP contribution >= 0.6 is 11.6 Å². The van der Waals surface area contributed by atoms with Crippen LogP contribution in [-0.4, -0.2) is 24.8 Å². The van der Waals surface area contributed by atoms with E-state index in [4.69, 9.17) is 17.3 Å². The summed E-state index contributed by atoms with van der Waals surface area (Å²) in [4.78, 5) is 23.9. The molecule has 0 bridgehead atoms. The Morgan fingerprint density at radius 1 is 1.42 bits per heavy atom. The number of nitrogens with two attached hydrogens (primary N) is 1. The van der Waals surface area contributed by atoms with Gasteiger partial charge in [0.05, 0.1) is 17.3 Å². The van der Waals surface area contributed by atoms with E-state index in [1.165, 1.54) is 0 Å². The fourth-order valence-electron chi connectivity index (χ4n) is 2.62. The molecule has 1 aromatic carbocycles. The summed E-state index contributed by atoms with van der Waals surface area (Å²) in [6.07, 6.45) is 5.15. The van der Waals surface area contributed by atoms with Crippen LogP contribution in [0.2, 0.25) is 5.02 Å². The Morgan fingerprint density at radius 2 is 2.11 bits per heavy atom. The van der Waals surface area contributed by atoms with Crippen LogP contribution in [0, 0.1) is 0 Å². The Balaban J connectivity index is 2.31. The highest BCUT2D eigenvalue weighted by Gasteiger charge is 2.25. The number of anilines is 1. The van der Waals surface area contributed by atoms with Gasteiger partial charge in [-0.15, -0.1) is 0 Å². The third-order valence-corrected chi connectivity index (χ3v) is 3.81. The second-order valence-corrected chi connectivity index (χ2v) is 5.27. The first-order chi connectivity index (χ1) is 9.11.